The van der Waals surface area contributed by atoms with Crippen LogP contribution in [0.1, 0.15) is 25.8 Å². The number of rotatable bonds is 15. The number of aliphatic carboxylic acids is 1. The van der Waals surface area contributed by atoms with E-state index in [1.807, 2.05) is 0 Å². The van der Waals surface area contributed by atoms with Crippen LogP contribution in [0.2, 0.25) is 0 Å². The molecule has 0 aromatic heterocycles. The first-order chi connectivity index (χ1) is 18.1. The second kappa shape index (κ2) is 14.9. The molecular weight excluding hydrogens is 512 g/mol. The van der Waals surface area contributed by atoms with Gasteiger partial charge in [-0.25, -0.2) is 0 Å². The molecule has 2 amide bonds. The first-order valence-electron chi connectivity index (χ1n) is 11.9. The summed E-state index contributed by atoms with van der Waals surface area (Å²) in [5, 5.41) is 14.6. The number of hydrogen-bond acceptors (Lipinski definition) is 8. The molecule has 0 fully saturated rings. The van der Waals surface area contributed by atoms with Crippen LogP contribution in [0.4, 0.5) is 0 Å². The Bertz CT molecular complexity index is 1140. The molecule has 0 radical (unpaired) electrons. The quantitative estimate of drug-likeness (QED) is 0.288. The van der Waals surface area contributed by atoms with Crippen LogP contribution in [0.25, 0.3) is 0 Å². The zero-order valence-electron chi connectivity index (χ0n) is 22.1. The number of amides is 2. The summed E-state index contributed by atoms with van der Waals surface area (Å²) in [7, 11) is 4.53. The Morgan fingerprint density at radius 2 is 1.61 bits per heavy atom. The Balaban J connectivity index is 2.09. The lowest BCUT2D eigenvalue weighted by atomic mass is 10.0. The third-order valence-corrected chi connectivity index (χ3v) is 6.63. The van der Waals surface area contributed by atoms with Gasteiger partial charge in [-0.1, -0.05) is 19.9 Å². The Morgan fingerprint density at radius 3 is 2.21 bits per heavy atom. The van der Waals surface area contributed by atoms with Gasteiger partial charge >= 0.3 is 5.97 Å². The van der Waals surface area contributed by atoms with Crippen molar-refractivity contribution < 1.29 is 38.5 Å². The van der Waals surface area contributed by atoms with E-state index in [-0.39, 0.29) is 18.1 Å². The van der Waals surface area contributed by atoms with Crippen molar-refractivity contribution in [3.05, 3.63) is 48.0 Å². The zero-order chi connectivity index (χ0) is 28.2. The molecule has 0 saturated carbocycles. The maximum Gasteiger partial charge on any atom is 0.305 e. The zero-order valence-corrected chi connectivity index (χ0v) is 22.9. The molecule has 3 N–H and O–H groups in total. The van der Waals surface area contributed by atoms with Gasteiger partial charge in [0.15, 0.2) is 5.78 Å². The van der Waals surface area contributed by atoms with E-state index in [4.69, 9.17) is 14.2 Å². The van der Waals surface area contributed by atoms with E-state index in [0.717, 1.165) is 4.90 Å². The van der Waals surface area contributed by atoms with E-state index < -0.39 is 42.1 Å². The molecule has 2 rings (SSSR count). The third kappa shape index (κ3) is 9.29. The highest BCUT2D eigenvalue weighted by molar-refractivity contribution is 8.00. The number of ether oxygens (including phenoxy) is 3. The molecule has 38 heavy (non-hydrogen) atoms. The lowest BCUT2D eigenvalue weighted by Crippen LogP contribution is -2.54. The molecule has 0 bridgehead atoms. The van der Waals surface area contributed by atoms with Crippen LogP contribution in [0.3, 0.4) is 0 Å². The molecule has 0 saturated heterocycles. The number of hydrogen-bond donors (Lipinski definition) is 3. The molecule has 2 aromatic carbocycles. The van der Waals surface area contributed by atoms with Crippen molar-refractivity contribution in [3.8, 4) is 17.2 Å². The molecule has 2 unspecified atom stereocenters. The summed E-state index contributed by atoms with van der Waals surface area (Å²) < 4.78 is 15.7. The van der Waals surface area contributed by atoms with E-state index in [0.29, 0.717) is 22.8 Å². The van der Waals surface area contributed by atoms with Crippen molar-refractivity contribution in [1.29, 1.82) is 0 Å². The number of ketones is 1. The van der Waals surface area contributed by atoms with Crippen molar-refractivity contribution in [2.45, 2.75) is 43.7 Å². The summed E-state index contributed by atoms with van der Waals surface area (Å²) >= 11 is 1.21. The minimum Gasteiger partial charge on any atom is -0.497 e. The molecule has 0 aliphatic carbocycles. The standard InChI is InChI=1S/C27H34N2O8S/c1-16(2)26(29-24(31)12-17-11-19(36-4)9-10-23(17)37-5)27(34)28-21(14-25(32)33)22(30)15-38-20-8-6-7-18(13-20)35-3/h6-11,13,16,21,26H,12,14-15H2,1-5H3,(H,28,34)(H,29,31)(H,32,33). The molecule has 0 spiro atoms. The number of carbonyl (C=O) groups excluding carboxylic acids is 3. The third-order valence-electron chi connectivity index (χ3n) is 5.61. The van der Waals surface area contributed by atoms with E-state index in [1.54, 1.807) is 56.3 Å². The molecule has 206 valence electrons. The normalized spacial score (nSPS) is 12.3. The lowest BCUT2D eigenvalue weighted by molar-refractivity contribution is -0.140. The van der Waals surface area contributed by atoms with Gasteiger partial charge in [0, 0.05) is 10.5 Å². The molecular formula is C27H34N2O8S. The summed E-state index contributed by atoms with van der Waals surface area (Å²) in [6.07, 6.45) is -0.658. The molecule has 11 heteroatoms. The molecule has 2 atom stereocenters. The fraction of sp³-hybridized carbons (Fsp3) is 0.407. The monoisotopic (exact) mass is 546 g/mol. The van der Waals surface area contributed by atoms with Gasteiger partial charge in [-0.3, -0.25) is 19.2 Å². The predicted molar refractivity (Wildman–Crippen MR) is 143 cm³/mol. The lowest BCUT2D eigenvalue weighted by Gasteiger charge is -2.25. The molecule has 2 aromatic rings. The van der Waals surface area contributed by atoms with E-state index in [2.05, 4.69) is 10.6 Å². The maximum absolute atomic E-state index is 13.1. The summed E-state index contributed by atoms with van der Waals surface area (Å²) in [5.41, 5.74) is 0.570. The first-order valence-corrected chi connectivity index (χ1v) is 12.9. The van der Waals surface area contributed by atoms with Crippen LogP contribution < -0.4 is 24.8 Å². The summed E-state index contributed by atoms with van der Waals surface area (Å²) in [4.78, 5) is 51.0. The molecule has 0 aliphatic heterocycles. The number of carboxylic acid groups (broad SMARTS) is 1. The highest BCUT2D eigenvalue weighted by atomic mass is 32.2. The largest absolute Gasteiger partial charge is 0.497 e. The highest BCUT2D eigenvalue weighted by Crippen LogP contribution is 2.25. The van der Waals surface area contributed by atoms with Gasteiger partial charge in [-0.05, 0) is 42.3 Å². The minimum atomic E-state index is -1.25. The number of benzene rings is 2. The van der Waals surface area contributed by atoms with Crippen LogP contribution >= 0.6 is 11.8 Å². The minimum absolute atomic E-state index is 0.0558. The van der Waals surface area contributed by atoms with Crippen LogP contribution in [0.15, 0.2) is 47.4 Å². The van der Waals surface area contributed by atoms with Crippen molar-refractivity contribution in [1.82, 2.24) is 10.6 Å². The van der Waals surface area contributed by atoms with Gasteiger partial charge in [0.2, 0.25) is 11.8 Å². The number of methoxy groups -OCH3 is 3. The van der Waals surface area contributed by atoms with E-state index >= 15 is 0 Å². The predicted octanol–water partition coefficient (Wildman–Crippen LogP) is 2.72. The number of nitrogens with one attached hydrogen (secondary N) is 2. The van der Waals surface area contributed by atoms with Gasteiger partial charge in [-0.15, -0.1) is 11.8 Å². The second-order valence-corrected chi connectivity index (χ2v) is 9.79. The van der Waals surface area contributed by atoms with Gasteiger partial charge in [-0.2, -0.15) is 0 Å². The second-order valence-electron chi connectivity index (χ2n) is 8.74. The molecule has 10 nitrogen and oxygen atoms in total. The smallest absolute Gasteiger partial charge is 0.305 e. The number of carbonyl (C=O) groups is 4. The van der Waals surface area contributed by atoms with Gasteiger partial charge < -0.3 is 30.0 Å². The SMILES string of the molecule is COc1cccc(SCC(=O)C(CC(=O)O)NC(=O)C(NC(=O)Cc2cc(OC)ccc2OC)C(C)C)c1. The maximum atomic E-state index is 13.1. The summed E-state index contributed by atoms with van der Waals surface area (Å²) in [6.45, 7) is 3.48. The fourth-order valence-corrected chi connectivity index (χ4v) is 4.46. The summed E-state index contributed by atoms with van der Waals surface area (Å²) in [5.74, 6) is -1.50. The van der Waals surface area contributed by atoms with Crippen molar-refractivity contribution in [2.75, 3.05) is 27.1 Å². The van der Waals surface area contributed by atoms with Crippen LogP contribution in [0, 0.1) is 5.92 Å². The van der Waals surface area contributed by atoms with E-state index in [1.165, 1.54) is 33.1 Å². The number of Topliss-reactive ketones (excluding diaryl/α,β-unsaturated/α-hetero) is 1. The van der Waals surface area contributed by atoms with Crippen molar-refractivity contribution >= 4 is 35.3 Å². The van der Waals surface area contributed by atoms with Crippen LogP contribution in [-0.4, -0.2) is 67.8 Å². The Hall–Kier alpha value is -3.73. The topological polar surface area (TPSA) is 140 Å². The van der Waals surface area contributed by atoms with Crippen molar-refractivity contribution in [3.63, 3.8) is 0 Å². The summed E-state index contributed by atoms with van der Waals surface area (Å²) in [6, 6.07) is 9.91. The first kappa shape index (κ1) is 30.5. The van der Waals surface area contributed by atoms with Crippen LogP contribution in [-0.2, 0) is 25.6 Å². The number of thioether (sulfide) groups is 1. The molecule has 0 aliphatic rings. The van der Waals surface area contributed by atoms with Crippen molar-refractivity contribution in [2.24, 2.45) is 5.92 Å². The highest BCUT2D eigenvalue weighted by Gasteiger charge is 2.30. The van der Waals surface area contributed by atoms with Crippen LogP contribution in [0.5, 0.6) is 17.2 Å². The van der Waals surface area contributed by atoms with Gasteiger partial charge in [0.1, 0.15) is 23.3 Å². The average Bonchev–Trinajstić information content (AvgIpc) is 2.89. The average molecular weight is 547 g/mol. The number of carboxylic acids is 1. The van der Waals surface area contributed by atoms with E-state index in [9.17, 15) is 24.3 Å². The Kier molecular flexibility index (Phi) is 11.9. The fourth-order valence-electron chi connectivity index (χ4n) is 3.58. The Labute approximate surface area is 226 Å². The van der Waals surface area contributed by atoms with Gasteiger partial charge in [0.25, 0.3) is 0 Å². The van der Waals surface area contributed by atoms with Gasteiger partial charge in [0.05, 0.1) is 46.0 Å². The molecule has 0 heterocycles. The Morgan fingerprint density at radius 1 is 0.921 bits per heavy atom.